The fraction of sp³-hybridized carbons (Fsp3) is 0.476. The van der Waals surface area contributed by atoms with Gasteiger partial charge in [0.05, 0.1) is 17.9 Å². The Kier molecular flexibility index (Phi) is 5.82. The van der Waals surface area contributed by atoms with Crippen molar-refractivity contribution >= 4 is 11.8 Å². The first-order valence-electron chi connectivity index (χ1n) is 9.61. The number of likely N-dealkylation sites (tertiary alicyclic amines) is 1. The zero-order chi connectivity index (χ0) is 20.4. The highest BCUT2D eigenvalue weighted by Gasteiger charge is 2.39. The van der Waals surface area contributed by atoms with Crippen molar-refractivity contribution in [2.45, 2.75) is 33.2 Å². The molecule has 2 amide bonds. The van der Waals surface area contributed by atoms with Crippen molar-refractivity contribution in [2.75, 3.05) is 13.6 Å². The van der Waals surface area contributed by atoms with E-state index >= 15 is 0 Å². The number of carbonyl (C=O) groups is 2. The molecule has 1 N–H and O–H groups in total. The second-order valence-corrected chi connectivity index (χ2v) is 7.89. The van der Waals surface area contributed by atoms with Gasteiger partial charge in [0.25, 0.3) is 0 Å². The molecule has 2 heterocycles. The zero-order valence-electron chi connectivity index (χ0n) is 16.7. The molecule has 1 fully saturated rings. The number of hydrogen-bond donors (Lipinski definition) is 1. The predicted molar refractivity (Wildman–Crippen MR) is 104 cm³/mol. The highest BCUT2D eigenvalue weighted by molar-refractivity contribution is 5.80. The van der Waals surface area contributed by atoms with Crippen LogP contribution >= 0.6 is 0 Å². The normalized spacial score (nSPS) is 20.6. The molecule has 0 bridgehead atoms. The van der Waals surface area contributed by atoms with Crippen LogP contribution in [0.5, 0.6) is 0 Å². The molecular weight excluding hydrogens is 359 g/mol. The lowest BCUT2D eigenvalue weighted by Gasteiger charge is -2.25. The van der Waals surface area contributed by atoms with E-state index < -0.39 is 0 Å². The van der Waals surface area contributed by atoms with Crippen LogP contribution in [0.1, 0.15) is 38.8 Å². The van der Waals surface area contributed by atoms with Crippen LogP contribution in [0.15, 0.2) is 36.7 Å². The van der Waals surface area contributed by atoms with Gasteiger partial charge in [-0.05, 0) is 30.2 Å². The van der Waals surface area contributed by atoms with Gasteiger partial charge in [0.1, 0.15) is 5.82 Å². The van der Waals surface area contributed by atoms with Gasteiger partial charge in [-0.25, -0.2) is 9.07 Å². The van der Waals surface area contributed by atoms with Gasteiger partial charge < -0.3 is 10.2 Å². The first-order valence-corrected chi connectivity index (χ1v) is 9.61. The topological polar surface area (TPSA) is 67.2 Å². The lowest BCUT2D eigenvalue weighted by Crippen LogP contribution is -2.36. The third kappa shape index (κ3) is 4.08. The monoisotopic (exact) mass is 386 g/mol. The van der Waals surface area contributed by atoms with Gasteiger partial charge in [-0.1, -0.05) is 20.8 Å². The molecule has 1 unspecified atom stereocenters. The molecule has 3 atom stereocenters. The standard InChI is InChI=1S/C21H27FN4O2/c1-13(2)14(3)21(28)23-10-15-9-19(27)25(4)20(15)16-11-24-26(12-16)18-7-5-17(22)6-8-18/h5-8,11-15,20H,9-10H2,1-4H3,(H,23,28)/t14?,15-,20+/m0/s1. The van der Waals surface area contributed by atoms with Gasteiger partial charge >= 0.3 is 0 Å². The molecule has 0 spiro atoms. The summed E-state index contributed by atoms with van der Waals surface area (Å²) in [5.41, 5.74) is 1.64. The number of hydrogen-bond acceptors (Lipinski definition) is 3. The second kappa shape index (κ2) is 8.12. The second-order valence-electron chi connectivity index (χ2n) is 7.89. The van der Waals surface area contributed by atoms with Crippen molar-refractivity contribution in [2.24, 2.45) is 17.8 Å². The summed E-state index contributed by atoms with van der Waals surface area (Å²) in [6.07, 6.45) is 3.98. The minimum Gasteiger partial charge on any atom is -0.355 e. The molecule has 1 aromatic heterocycles. The summed E-state index contributed by atoms with van der Waals surface area (Å²) in [4.78, 5) is 26.3. The predicted octanol–water partition coefficient (Wildman–Crippen LogP) is 2.94. The van der Waals surface area contributed by atoms with E-state index in [1.165, 1.54) is 12.1 Å². The van der Waals surface area contributed by atoms with Crippen molar-refractivity contribution in [1.82, 2.24) is 20.0 Å². The molecule has 150 valence electrons. The highest BCUT2D eigenvalue weighted by atomic mass is 19.1. The summed E-state index contributed by atoms with van der Waals surface area (Å²) in [6.45, 7) is 6.39. The van der Waals surface area contributed by atoms with E-state index in [0.717, 1.165) is 11.3 Å². The maximum Gasteiger partial charge on any atom is 0.223 e. The van der Waals surface area contributed by atoms with Crippen molar-refractivity contribution in [3.8, 4) is 5.69 Å². The SMILES string of the molecule is CC(C)C(C)C(=O)NC[C@@H]1CC(=O)N(C)[C@H]1c1cnn(-c2ccc(F)cc2)c1. The Morgan fingerprint density at radius 1 is 1.29 bits per heavy atom. The summed E-state index contributed by atoms with van der Waals surface area (Å²) in [5, 5.41) is 7.37. The van der Waals surface area contributed by atoms with E-state index in [1.54, 1.807) is 35.0 Å². The number of rotatable bonds is 6. The Bertz CT molecular complexity index is 846. The van der Waals surface area contributed by atoms with Crippen LogP contribution in [0.4, 0.5) is 4.39 Å². The quantitative estimate of drug-likeness (QED) is 0.830. The average molecular weight is 386 g/mol. The van der Waals surface area contributed by atoms with Crippen molar-refractivity contribution in [1.29, 1.82) is 0 Å². The summed E-state index contributed by atoms with van der Waals surface area (Å²) < 4.78 is 14.8. The molecule has 0 aliphatic carbocycles. The minimum absolute atomic E-state index is 0.0118. The Hall–Kier alpha value is -2.70. The number of halogens is 1. The molecule has 1 aliphatic heterocycles. The molecule has 0 radical (unpaired) electrons. The van der Waals surface area contributed by atoms with E-state index in [9.17, 15) is 14.0 Å². The van der Waals surface area contributed by atoms with Gasteiger partial charge in [-0.2, -0.15) is 5.10 Å². The van der Waals surface area contributed by atoms with Gasteiger partial charge in [-0.3, -0.25) is 9.59 Å². The van der Waals surface area contributed by atoms with Gasteiger partial charge in [0.2, 0.25) is 11.8 Å². The minimum atomic E-state index is -0.302. The molecule has 7 heteroatoms. The third-order valence-corrected chi connectivity index (χ3v) is 5.68. The zero-order valence-corrected chi connectivity index (χ0v) is 16.7. The molecule has 28 heavy (non-hydrogen) atoms. The Morgan fingerprint density at radius 3 is 2.61 bits per heavy atom. The van der Waals surface area contributed by atoms with E-state index in [0.29, 0.717) is 13.0 Å². The van der Waals surface area contributed by atoms with Crippen LogP contribution in [-0.4, -0.2) is 40.1 Å². The average Bonchev–Trinajstić information content (AvgIpc) is 3.24. The van der Waals surface area contributed by atoms with Gasteiger partial charge in [-0.15, -0.1) is 0 Å². The summed E-state index contributed by atoms with van der Waals surface area (Å²) in [6, 6.07) is 5.92. The smallest absolute Gasteiger partial charge is 0.223 e. The largest absolute Gasteiger partial charge is 0.355 e. The van der Waals surface area contributed by atoms with E-state index in [1.807, 2.05) is 27.0 Å². The lowest BCUT2D eigenvalue weighted by molar-refractivity contribution is -0.128. The first-order chi connectivity index (χ1) is 13.3. The fourth-order valence-corrected chi connectivity index (χ4v) is 3.55. The summed E-state index contributed by atoms with van der Waals surface area (Å²) in [7, 11) is 1.78. The third-order valence-electron chi connectivity index (χ3n) is 5.68. The van der Waals surface area contributed by atoms with E-state index in [-0.39, 0.29) is 41.4 Å². The number of aromatic nitrogens is 2. The van der Waals surface area contributed by atoms with Gasteiger partial charge in [0.15, 0.2) is 0 Å². The van der Waals surface area contributed by atoms with Crippen LogP contribution in [0.25, 0.3) is 5.69 Å². The van der Waals surface area contributed by atoms with Crippen LogP contribution in [0.3, 0.4) is 0 Å². The van der Waals surface area contributed by atoms with Crippen LogP contribution in [-0.2, 0) is 9.59 Å². The highest BCUT2D eigenvalue weighted by Crippen LogP contribution is 2.36. The van der Waals surface area contributed by atoms with Crippen molar-refractivity contribution in [3.63, 3.8) is 0 Å². The molecule has 1 aliphatic rings. The number of amides is 2. The number of benzene rings is 1. The Morgan fingerprint density at radius 2 is 1.96 bits per heavy atom. The van der Waals surface area contributed by atoms with Crippen molar-refractivity contribution in [3.05, 3.63) is 48.0 Å². The maximum absolute atomic E-state index is 13.1. The first kappa shape index (κ1) is 20.0. The molecule has 2 aromatic rings. The Balaban J connectivity index is 1.76. The summed E-state index contributed by atoms with van der Waals surface area (Å²) >= 11 is 0. The molecular formula is C21H27FN4O2. The summed E-state index contributed by atoms with van der Waals surface area (Å²) in [5.74, 6) is -0.0732. The van der Waals surface area contributed by atoms with Crippen molar-refractivity contribution < 1.29 is 14.0 Å². The molecule has 1 saturated heterocycles. The number of nitrogens with one attached hydrogen (secondary N) is 1. The fourth-order valence-electron chi connectivity index (χ4n) is 3.55. The molecule has 3 rings (SSSR count). The molecule has 0 saturated carbocycles. The lowest BCUT2D eigenvalue weighted by atomic mass is 9.94. The molecule has 1 aromatic carbocycles. The number of nitrogens with zero attached hydrogens (tertiary/aromatic N) is 3. The van der Waals surface area contributed by atoms with Crippen LogP contribution in [0.2, 0.25) is 0 Å². The number of carbonyl (C=O) groups excluding carboxylic acids is 2. The maximum atomic E-state index is 13.1. The molecule has 6 nitrogen and oxygen atoms in total. The van der Waals surface area contributed by atoms with Crippen LogP contribution < -0.4 is 5.32 Å². The van der Waals surface area contributed by atoms with E-state index in [2.05, 4.69) is 10.4 Å². The van der Waals surface area contributed by atoms with Crippen LogP contribution in [0, 0.1) is 23.6 Å². The van der Waals surface area contributed by atoms with E-state index in [4.69, 9.17) is 0 Å². The Labute approximate surface area is 164 Å². The van der Waals surface area contributed by atoms with Gasteiger partial charge in [0, 0.05) is 43.6 Å².